The highest BCUT2D eigenvalue weighted by Crippen LogP contribution is 2.29. The highest BCUT2D eigenvalue weighted by Gasteiger charge is 2.21. The Morgan fingerprint density at radius 1 is 1.29 bits per heavy atom. The van der Waals surface area contributed by atoms with Crippen LogP contribution in [0.5, 0.6) is 5.75 Å². The van der Waals surface area contributed by atoms with E-state index in [1.54, 1.807) is 19.1 Å². The molecule has 112 valence electrons. The number of anilines is 1. The molecule has 0 radical (unpaired) electrons. The molecule has 1 aromatic heterocycles. The Balaban J connectivity index is 2.38. The molecule has 0 fully saturated rings. The highest BCUT2D eigenvalue weighted by molar-refractivity contribution is 7.93. The van der Waals surface area contributed by atoms with E-state index in [1.165, 1.54) is 25.3 Å². The molecule has 0 bridgehead atoms. The fourth-order valence-corrected chi connectivity index (χ4v) is 3.98. The topological polar surface area (TPSA) is 92.7 Å². The van der Waals surface area contributed by atoms with E-state index in [-0.39, 0.29) is 20.5 Å². The van der Waals surface area contributed by atoms with Gasteiger partial charge in [-0.15, -0.1) is 11.3 Å². The number of carbonyl (C=O) groups is 1. The number of rotatable bonds is 5. The molecule has 0 amide bonds. The fraction of sp³-hybridized carbons (Fsp3) is 0.154. The Morgan fingerprint density at radius 3 is 2.57 bits per heavy atom. The van der Waals surface area contributed by atoms with Gasteiger partial charge >= 0.3 is 5.97 Å². The Kier molecular flexibility index (Phi) is 4.19. The molecular formula is C13H13NO5S2. The average Bonchev–Trinajstić information content (AvgIpc) is 2.86. The van der Waals surface area contributed by atoms with Crippen LogP contribution in [0.3, 0.4) is 0 Å². The third-order valence-electron chi connectivity index (χ3n) is 2.66. The zero-order valence-electron chi connectivity index (χ0n) is 11.3. The summed E-state index contributed by atoms with van der Waals surface area (Å²) in [6.07, 6.45) is 0. The van der Waals surface area contributed by atoms with E-state index in [1.807, 2.05) is 0 Å². The number of sulfonamides is 1. The molecule has 0 unspecified atom stereocenters. The van der Waals surface area contributed by atoms with Gasteiger partial charge in [0.2, 0.25) is 0 Å². The molecule has 1 heterocycles. The number of ether oxygens (including phenoxy) is 1. The van der Waals surface area contributed by atoms with Gasteiger partial charge < -0.3 is 9.84 Å². The molecule has 1 aromatic carbocycles. The molecule has 2 rings (SSSR count). The van der Waals surface area contributed by atoms with Crippen LogP contribution in [-0.4, -0.2) is 26.6 Å². The van der Waals surface area contributed by atoms with Crippen LogP contribution in [0.15, 0.2) is 35.2 Å². The van der Waals surface area contributed by atoms with E-state index in [0.29, 0.717) is 0 Å². The van der Waals surface area contributed by atoms with E-state index in [0.717, 1.165) is 16.9 Å². The van der Waals surface area contributed by atoms with Gasteiger partial charge in [0.1, 0.15) is 20.5 Å². The lowest BCUT2D eigenvalue weighted by atomic mass is 10.2. The summed E-state index contributed by atoms with van der Waals surface area (Å²) < 4.78 is 32.2. The largest absolute Gasteiger partial charge is 0.495 e. The van der Waals surface area contributed by atoms with Crippen molar-refractivity contribution in [1.29, 1.82) is 0 Å². The molecule has 2 N–H and O–H groups in total. The summed E-state index contributed by atoms with van der Waals surface area (Å²) in [6.45, 7) is 1.77. The van der Waals surface area contributed by atoms with Gasteiger partial charge in [-0.2, -0.15) is 0 Å². The van der Waals surface area contributed by atoms with E-state index in [9.17, 15) is 13.2 Å². The van der Waals surface area contributed by atoms with Crippen molar-refractivity contribution in [1.82, 2.24) is 0 Å². The minimum absolute atomic E-state index is 0.00951. The summed E-state index contributed by atoms with van der Waals surface area (Å²) in [4.78, 5) is 10.9. The lowest BCUT2D eigenvalue weighted by Crippen LogP contribution is -2.13. The van der Waals surface area contributed by atoms with E-state index in [4.69, 9.17) is 9.84 Å². The summed E-state index contributed by atoms with van der Waals surface area (Å²) in [6, 6.07) is 7.56. The highest BCUT2D eigenvalue weighted by atomic mass is 32.2. The molecule has 0 atom stereocenters. The van der Waals surface area contributed by atoms with Crippen molar-refractivity contribution in [3.63, 3.8) is 0 Å². The van der Waals surface area contributed by atoms with Crippen LogP contribution in [-0.2, 0) is 10.0 Å². The third kappa shape index (κ3) is 3.34. The number of hydrogen-bond acceptors (Lipinski definition) is 5. The summed E-state index contributed by atoms with van der Waals surface area (Å²) >= 11 is 0.850. The smallest absolute Gasteiger partial charge is 0.345 e. The summed E-state index contributed by atoms with van der Waals surface area (Å²) in [5.41, 5.74) is 0.772. The number of carboxylic acids is 1. The van der Waals surface area contributed by atoms with E-state index < -0.39 is 16.0 Å². The van der Waals surface area contributed by atoms with Crippen LogP contribution < -0.4 is 9.46 Å². The van der Waals surface area contributed by atoms with Crippen molar-refractivity contribution in [2.24, 2.45) is 0 Å². The Hall–Kier alpha value is -2.06. The number of benzene rings is 1. The molecule has 2 aromatic rings. The second kappa shape index (κ2) is 5.74. The van der Waals surface area contributed by atoms with Gasteiger partial charge in [0, 0.05) is 0 Å². The fourth-order valence-electron chi connectivity index (χ4n) is 1.69. The van der Waals surface area contributed by atoms with E-state index in [2.05, 4.69) is 4.72 Å². The molecule has 6 nitrogen and oxygen atoms in total. The lowest BCUT2D eigenvalue weighted by Gasteiger charge is -2.11. The molecule has 0 spiro atoms. The van der Waals surface area contributed by atoms with Crippen LogP contribution in [0.2, 0.25) is 0 Å². The second-order valence-corrected chi connectivity index (χ2v) is 6.96. The lowest BCUT2D eigenvalue weighted by molar-refractivity contribution is 0.0702. The number of aromatic carboxylic acids is 1. The van der Waals surface area contributed by atoms with Crippen molar-refractivity contribution < 1.29 is 23.1 Å². The molecular weight excluding hydrogens is 314 g/mol. The summed E-state index contributed by atoms with van der Waals surface area (Å²) in [5, 5.41) is 9.08. The minimum Gasteiger partial charge on any atom is -0.495 e. The van der Waals surface area contributed by atoms with Gasteiger partial charge in [-0.3, -0.25) is 4.72 Å². The van der Waals surface area contributed by atoms with Gasteiger partial charge in [-0.1, -0.05) is 6.07 Å². The zero-order chi connectivity index (χ0) is 15.6. The average molecular weight is 327 g/mol. The Labute approximate surface area is 126 Å². The Bertz CT molecular complexity index is 780. The van der Waals surface area contributed by atoms with Gasteiger partial charge in [0.25, 0.3) is 10.0 Å². The first-order chi connectivity index (χ1) is 9.83. The zero-order valence-corrected chi connectivity index (χ0v) is 12.9. The monoisotopic (exact) mass is 327 g/mol. The van der Waals surface area contributed by atoms with Crippen molar-refractivity contribution in [3.05, 3.63) is 40.8 Å². The Morgan fingerprint density at radius 2 is 2.00 bits per heavy atom. The standard InChI is InChI=1S/C13H13NO5S2/c1-8-3-4-9(19-2)11(7-8)21(17,18)14-12-6-5-10(20-12)13(15)16/h3-7,14H,1-2H3,(H,15,16). The maximum absolute atomic E-state index is 12.4. The number of thiophene rings is 1. The summed E-state index contributed by atoms with van der Waals surface area (Å²) in [5.74, 6) is -0.873. The normalized spacial score (nSPS) is 11.1. The van der Waals surface area contributed by atoms with Crippen molar-refractivity contribution >= 4 is 32.3 Å². The molecule has 0 aliphatic heterocycles. The SMILES string of the molecule is COc1ccc(C)cc1S(=O)(=O)Nc1ccc(C(=O)O)s1. The quantitative estimate of drug-likeness (QED) is 0.880. The minimum atomic E-state index is -3.85. The first-order valence-corrected chi connectivity index (χ1v) is 8.14. The third-order valence-corrected chi connectivity index (χ3v) is 5.16. The number of hydrogen-bond donors (Lipinski definition) is 2. The maximum atomic E-state index is 12.4. The van der Waals surface area contributed by atoms with Crippen LogP contribution in [0, 0.1) is 6.92 Å². The first-order valence-electron chi connectivity index (χ1n) is 5.84. The van der Waals surface area contributed by atoms with Gasteiger partial charge in [-0.05, 0) is 36.8 Å². The second-order valence-electron chi connectivity index (χ2n) is 4.23. The van der Waals surface area contributed by atoms with Crippen LogP contribution in [0.4, 0.5) is 5.00 Å². The first kappa shape index (κ1) is 15.3. The molecule has 0 saturated heterocycles. The van der Waals surface area contributed by atoms with Crippen LogP contribution >= 0.6 is 11.3 Å². The van der Waals surface area contributed by atoms with Gasteiger partial charge in [0.15, 0.2) is 0 Å². The van der Waals surface area contributed by atoms with Crippen molar-refractivity contribution in [3.8, 4) is 5.75 Å². The molecule has 8 heteroatoms. The van der Waals surface area contributed by atoms with Crippen molar-refractivity contribution in [2.45, 2.75) is 11.8 Å². The number of aryl methyl sites for hydroxylation is 1. The predicted molar refractivity (Wildman–Crippen MR) is 79.8 cm³/mol. The van der Waals surface area contributed by atoms with Gasteiger partial charge in [0.05, 0.1) is 7.11 Å². The van der Waals surface area contributed by atoms with Crippen molar-refractivity contribution in [2.75, 3.05) is 11.8 Å². The number of nitrogens with one attached hydrogen (secondary N) is 1. The summed E-state index contributed by atoms with van der Waals surface area (Å²) in [7, 11) is -2.46. The van der Waals surface area contributed by atoms with Crippen LogP contribution in [0.25, 0.3) is 0 Å². The van der Waals surface area contributed by atoms with E-state index >= 15 is 0 Å². The number of carboxylic acid groups (broad SMARTS) is 1. The molecule has 0 saturated carbocycles. The predicted octanol–water partition coefficient (Wildman–Crippen LogP) is 2.56. The molecule has 0 aliphatic rings. The van der Waals surface area contributed by atoms with Crippen LogP contribution in [0.1, 0.15) is 15.2 Å². The maximum Gasteiger partial charge on any atom is 0.345 e. The van der Waals surface area contributed by atoms with Gasteiger partial charge in [-0.25, -0.2) is 13.2 Å². The molecule has 21 heavy (non-hydrogen) atoms. The number of methoxy groups -OCH3 is 1. The molecule has 0 aliphatic carbocycles.